The first-order chi connectivity index (χ1) is 15.0. The molecule has 1 aliphatic carbocycles. The second-order valence-electron chi connectivity index (χ2n) is 7.43. The van der Waals surface area contributed by atoms with E-state index >= 15 is 0 Å². The van der Waals surface area contributed by atoms with Crippen LogP contribution >= 0.6 is 0 Å². The van der Waals surface area contributed by atoms with E-state index in [0.29, 0.717) is 5.69 Å². The van der Waals surface area contributed by atoms with E-state index in [1.807, 2.05) is 18.2 Å². The van der Waals surface area contributed by atoms with Gasteiger partial charge in [-0.15, -0.1) is 0 Å². The van der Waals surface area contributed by atoms with Crippen molar-refractivity contribution in [3.05, 3.63) is 83.7 Å². The summed E-state index contributed by atoms with van der Waals surface area (Å²) in [5.41, 5.74) is 3.06. The van der Waals surface area contributed by atoms with Gasteiger partial charge in [0.15, 0.2) is 0 Å². The van der Waals surface area contributed by atoms with Gasteiger partial charge in [0.1, 0.15) is 11.5 Å². The summed E-state index contributed by atoms with van der Waals surface area (Å²) in [6.45, 7) is 0. The molecule has 2 aromatic carbocycles. The standard InChI is InChI=1S/C23H18F3N5/c24-23(25,26)20-11-12-27-22(31-20)28-16-7-9-18-15(13-16)6-10-21(29-18)30-19-8-5-14-3-1-2-4-17(14)19/h1-4,6-7,9-13,19H,5,8H2,(H,29,30)(H,27,28,31)/t19-/m1/s1. The monoisotopic (exact) mass is 421 g/mol. The summed E-state index contributed by atoms with van der Waals surface area (Å²) in [7, 11) is 0. The number of rotatable bonds is 4. The van der Waals surface area contributed by atoms with Crippen molar-refractivity contribution in [1.29, 1.82) is 0 Å². The van der Waals surface area contributed by atoms with Gasteiger partial charge < -0.3 is 10.6 Å². The Labute approximate surface area is 176 Å². The van der Waals surface area contributed by atoms with Crippen molar-refractivity contribution in [2.75, 3.05) is 10.6 Å². The maximum Gasteiger partial charge on any atom is 0.433 e. The number of fused-ring (bicyclic) bond motifs is 2. The number of aromatic nitrogens is 3. The zero-order chi connectivity index (χ0) is 21.4. The molecule has 5 nitrogen and oxygen atoms in total. The number of hydrogen-bond acceptors (Lipinski definition) is 5. The number of alkyl halides is 3. The van der Waals surface area contributed by atoms with Crippen LogP contribution in [0.1, 0.15) is 29.3 Å². The second kappa shape index (κ2) is 7.54. The van der Waals surface area contributed by atoms with Gasteiger partial charge in [0.2, 0.25) is 5.95 Å². The first-order valence-electron chi connectivity index (χ1n) is 9.88. The van der Waals surface area contributed by atoms with Crippen molar-refractivity contribution in [3.63, 3.8) is 0 Å². The molecule has 0 spiro atoms. The molecule has 0 saturated heterocycles. The fraction of sp³-hybridized carbons (Fsp3) is 0.174. The van der Waals surface area contributed by atoms with Crippen molar-refractivity contribution < 1.29 is 13.2 Å². The highest BCUT2D eigenvalue weighted by Crippen LogP contribution is 2.34. The third-order valence-electron chi connectivity index (χ3n) is 5.35. The molecule has 1 atom stereocenters. The minimum absolute atomic E-state index is 0.111. The van der Waals surface area contributed by atoms with Crippen molar-refractivity contribution in [2.45, 2.75) is 25.1 Å². The summed E-state index contributed by atoms with van der Waals surface area (Å²) in [6.07, 6.45) is -1.36. The Morgan fingerprint density at radius 2 is 1.81 bits per heavy atom. The van der Waals surface area contributed by atoms with Crippen LogP contribution in [0.4, 0.5) is 30.6 Å². The van der Waals surface area contributed by atoms with Gasteiger partial charge in [-0.05, 0) is 60.4 Å². The van der Waals surface area contributed by atoms with Crippen LogP contribution in [-0.2, 0) is 12.6 Å². The van der Waals surface area contributed by atoms with E-state index in [2.05, 4.69) is 49.9 Å². The normalized spacial score (nSPS) is 15.6. The fourth-order valence-electron chi connectivity index (χ4n) is 3.88. The lowest BCUT2D eigenvalue weighted by Gasteiger charge is -2.15. The highest BCUT2D eigenvalue weighted by Gasteiger charge is 2.32. The smallest absolute Gasteiger partial charge is 0.363 e. The quantitative estimate of drug-likeness (QED) is 0.430. The van der Waals surface area contributed by atoms with Crippen molar-refractivity contribution in [3.8, 4) is 0 Å². The first-order valence-corrected chi connectivity index (χ1v) is 9.88. The van der Waals surface area contributed by atoms with Crippen molar-refractivity contribution in [2.24, 2.45) is 0 Å². The van der Waals surface area contributed by atoms with Crippen LogP contribution in [0.2, 0.25) is 0 Å². The highest BCUT2D eigenvalue weighted by molar-refractivity contribution is 5.84. The molecule has 0 amide bonds. The molecule has 2 heterocycles. The molecule has 0 saturated carbocycles. The summed E-state index contributed by atoms with van der Waals surface area (Å²) in [6, 6.07) is 18.7. The molecule has 2 aromatic heterocycles. The minimum Gasteiger partial charge on any atom is -0.363 e. The number of benzene rings is 2. The van der Waals surface area contributed by atoms with Crippen LogP contribution in [0.5, 0.6) is 0 Å². The largest absolute Gasteiger partial charge is 0.433 e. The summed E-state index contributed by atoms with van der Waals surface area (Å²) in [4.78, 5) is 12.1. The molecule has 8 heteroatoms. The first kappa shape index (κ1) is 19.3. The molecule has 0 fully saturated rings. The van der Waals surface area contributed by atoms with Crippen LogP contribution in [-0.4, -0.2) is 15.0 Å². The SMILES string of the molecule is FC(F)(F)c1ccnc(Nc2ccc3nc(N[C@@H]4CCc5ccccc54)ccc3c2)n1. The Hall–Kier alpha value is -3.68. The third kappa shape index (κ3) is 4.01. The van der Waals surface area contributed by atoms with E-state index in [0.717, 1.165) is 41.8 Å². The predicted molar refractivity (Wildman–Crippen MR) is 113 cm³/mol. The lowest BCUT2D eigenvalue weighted by atomic mass is 10.1. The van der Waals surface area contributed by atoms with Gasteiger partial charge >= 0.3 is 6.18 Å². The van der Waals surface area contributed by atoms with Gasteiger partial charge in [0.25, 0.3) is 0 Å². The predicted octanol–water partition coefficient (Wildman–Crippen LogP) is 5.89. The van der Waals surface area contributed by atoms with E-state index in [-0.39, 0.29) is 12.0 Å². The van der Waals surface area contributed by atoms with Gasteiger partial charge in [0, 0.05) is 17.3 Å². The average Bonchev–Trinajstić information content (AvgIpc) is 3.16. The van der Waals surface area contributed by atoms with Crippen LogP contribution in [0.3, 0.4) is 0 Å². The summed E-state index contributed by atoms with van der Waals surface area (Å²) >= 11 is 0. The number of halogens is 3. The fourth-order valence-corrected chi connectivity index (χ4v) is 3.88. The maximum atomic E-state index is 12.8. The molecular formula is C23H18F3N5. The van der Waals surface area contributed by atoms with E-state index < -0.39 is 11.9 Å². The molecule has 2 N–H and O–H groups in total. The zero-order valence-corrected chi connectivity index (χ0v) is 16.3. The number of nitrogens with one attached hydrogen (secondary N) is 2. The van der Waals surface area contributed by atoms with E-state index in [4.69, 9.17) is 0 Å². The van der Waals surface area contributed by atoms with Crippen LogP contribution in [0.15, 0.2) is 66.9 Å². The molecule has 0 aliphatic heterocycles. The molecular weight excluding hydrogens is 403 g/mol. The minimum atomic E-state index is -4.52. The molecule has 4 aromatic rings. The number of hydrogen-bond donors (Lipinski definition) is 2. The topological polar surface area (TPSA) is 62.7 Å². The third-order valence-corrected chi connectivity index (χ3v) is 5.35. The molecule has 5 rings (SSSR count). The Morgan fingerprint density at radius 3 is 2.68 bits per heavy atom. The Bertz CT molecular complexity index is 1260. The van der Waals surface area contributed by atoms with Gasteiger partial charge in [-0.2, -0.15) is 13.2 Å². The Balaban J connectivity index is 1.35. The summed E-state index contributed by atoms with van der Waals surface area (Å²) < 4.78 is 38.5. The van der Waals surface area contributed by atoms with E-state index in [1.165, 1.54) is 11.1 Å². The van der Waals surface area contributed by atoms with E-state index in [9.17, 15) is 13.2 Å². The Morgan fingerprint density at radius 1 is 0.935 bits per heavy atom. The van der Waals surface area contributed by atoms with Crippen LogP contribution in [0.25, 0.3) is 10.9 Å². The van der Waals surface area contributed by atoms with Crippen molar-refractivity contribution in [1.82, 2.24) is 15.0 Å². The van der Waals surface area contributed by atoms with Gasteiger partial charge in [-0.3, -0.25) is 0 Å². The average molecular weight is 421 g/mol. The molecule has 0 bridgehead atoms. The number of aryl methyl sites for hydroxylation is 1. The lowest BCUT2D eigenvalue weighted by molar-refractivity contribution is -0.141. The summed E-state index contributed by atoms with van der Waals surface area (Å²) in [5.74, 6) is 0.677. The number of anilines is 3. The lowest BCUT2D eigenvalue weighted by Crippen LogP contribution is -2.10. The maximum absolute atomic E-state index is 12.8. The molecule has 1 aliphatic rings. The van der Waals surface area contributed by atoms with Crippen molar-refractivity contribution >= 4 is 28.4 Å². The molecule has 31 heavy (non-hydrogen) atoms. The Kier molecular flexibility index (Phi) is 4.69. The second-order valence-corrected chi connectivity index (χ2v) is 7.43. The van der Waals surface area contributed by atoms with Crippen LogP contribution in [0, 0.1) is 0 Å². The van der Waals surface area contributed by atoms with Gasteiger partial charge in [-0.1, -0.05) is 24.3 Å². The van der Waals surface area contributed by atoms with Crippen LogP contribution < -0.4 is 10.6 Å². The molecule has 0 radical (unpaired) electrons. The van der Waals surface area contributed by atoms with Gasteiger partial charge in [0.05, 0.1) is 11.6 Å². The number of pyridine rings is 1. The molecule has 0 unspecified atom stereocenters. The zero-order valence-electron chi connectivity index (χ0n) is 16.3. The summed E-state index contributed by atoms with van der Waals surface area (Å²) in [5, 5.41) is 7.19. The van der Waals surface area contributed by atoms with E-state index in [1.54, 1.807) is 12.1 Å². The number of nitrogens with zero attached hydrogens (tertiary/aromatic N) is 3. The molecule has 156 valence electrons. The highest BCUT2D eigenvalue weighted by atomic mass is 19.4. The van der Waals surface area contributed by atoms with Gasteiger partial charge in [-0.25, -0.2) is 15.0 Å².